The molecule has 0 atom stereocenters. The summed E-state index contributed by atoms with van der Waals surface area (Å²) in [5, 5.41) is 6.12. The number of nitrogens with one attached hydrogen (secondary N) is 1. The summed E-state index contributed by atoms with van der Waals surface area (Å²) >= 11 is 0. The molecule has 136 valence electrons. The van der Waals surface area contributed by atoms with E-state index < -0.39 is 23.6 Å². The number of urea groups is 1. The number of hydrogen-bond donors (Lipinski definition) is 1. The lowest BCUT2D eigenvalue weighted by atomic mass is 10.1. The van der Waals surface area contributed by atoms with E-state index in [2.05, 4.69) is 15.5 Å². The average Bonchev–Trinajstić information content (AvgIpc) is 2.94. The summed E-state index contributed by atoms with van der Waals surface area (Å²) in [6, 6.07) is 1.60. The maximum absolute atomic E-state index is 13.3. The summed E-state index contributed by atoms with van der Waals surface area (Å²) in [5.74, 6) is -0.362. The van der Waals surface area contributed by atoms with Crippen LogP contribution in [0.3, 0.4) is 0 Å². The van der Waals surface area contributed by atoms with Crippen molar-refractivity contribution in [2.24, 2.45) is 0 Å². The Morgan fingerprint density at radius 3 is 2.60 bits per heavy atom. The number of hydrogen-bond acceptors (Lipinski definition) is 4. The molecular formula is C15H16F4N4O2. The lowest BCUT2D eigenvalue weighted by Gasteiger charge is -2.20. The third-order valence-corrected chi connectivity index (χ3v) is 3.30. The number of benzene rings is 1. The molecule has 2 rings (SSSR count). The van der Waals surface area contributed by atoms with Gasteiger partial charge in [0.25, 0.3) is 0 Å². The second-order valence-electron chi connectivity index (χ2n) is 5.25. The van der Waals surface area contributed by atoms with Crippen molar-refractivity contribution in [3.8, 4) is 0 Å². The van der Waals surface area contributed by atoms with Gasteiger partial charge >= 0.3 is 12.2 Å². The Kier molecular flexibility index (Phi) is 5.60. The molecule has 25 heavy (non-hydrogen) atoms. The topological polar surface area (TPSA) is 71.3 Å². The van der Waals surface area contributed by atoms with E-state index in [0.717, 1.165) is 12.1 Å². The van der Waals surface area contributed by atoms with Crippen molar-refractivity contribution in [1.29, 1.82) is 0 Å². The molecule has 0 aliphatic heterocycles. The Morgan fingerprint density at radius 2 is 2.04 bits per heavy atom. The maximum Gasteiger partial charge on any atom is 0.416 e. The minimum atomic E-state index is -4.66. The van der Waals surface area contributed by atoms with Gasteiger partial charge in [0.1, 0.15) is 5.82 Å². The van der Waals surface area contributed by atoms with Crippen LogP contribution >= 0.6 is 0 Å². The number of nitrogens with zero attached hydrogens (tertiary/aromatic N) is 3. The van der Waals surface area contributed by atoms with Crippen molar-refractivity contribution in [1.82, 2.24) is 20.4 Å². The summed E-state index contributed by atoms with van der Waals surface area (Å²) in [7, 11) is 0. The molecule has 0 aliphatic carbocycles. The molecule has 0 aliphatic rings. The van der Waals surface area contributed by atoms with Crippen molar-refractivity contribution in [3.05, 3.63) is 46.9 Å². The first kappa shape index (κ1) is 18.7. The summed E-state index contributed by atoms with van der Waals surface area (Å²) in [5.41, 5.74) is -1.10. The van der Waals surface area contributed by atoms with Crippen LogP contribution in [0.4, 0.5) is 22.4 Å². The molecule has 10 heteroatoms. The van der Waals surface area contributed by atoms with Crippen LogP contribution in [-0.2, 0) is 19.3 Å². The van der Waals surface area contributed by atoms with Gasteiger partial charge in [-0.05, 0) is 30.7 Å². The number of carbonyl (C=O) groups is 1. The number of rotatable bonds is 5. The van der Waals surface area contributed by atoms with Crippen LogP contribution in [0.25, 0.3) is 0 Å². The Morgan fingerprint density at radius 1 is 1.32 bits per heavy atom. The van der Waals surface area contributed by atoms with Gasteiger partial charge in [-0.2, -0.15) is 18.2 Å². The number of amides is 2. The first-order valence-corrected chi connectivity index (χ1v) is 7.37. The first-order valence-electron chi connectivity index (χ1n) is 7.37. The number of carbonyl (C=O) groups excluding carboxylic acids is 1. The lowest BCUT2D eigenvalue weighted by Crippen LogP contribution is -2.39. The normalized spacial score (nSPS) is 11.4. The van der Waals surface area contributed by atoms with Crippen LogP contribution in [0.1, 0.15) is 29.8 Å². The van der Waals surface area contributed by atoms with E-state index in [1.54, 1.807) is 13.8 Å². The van der Waals surface area contributed by atoms with E-state index >= 15 is 0 Å². The molecule has 2 aromatic rings. The van der Waals surface area contributed by atoms with Crippen molar-refractivity contribution in [2.45, 2.75) is 33.1 Å². The minimum absolute atomic E-state index is 0.00661. The zero-order valence-corrected chi connectivity index (χ0v) is 13.5. The predicted molar refractivity (Wildman–Crippen MR) is 78.8 cm³/mol. The third-order valence-electron chi connectivity index (χ3n) is 3.30. The van der Waals surface area contributed by atoms with Crippen LogP contribution in [0.2, 0.25) is 0 Å². The van der Waals surface area contributed by atoms with Gasteiger partial charge in [0.05, 0.1) is 12.1 Å². The van der Waals surface area contributed by atoms with Gasteiger partial charge in [-0.25, -0.2) is 9.18 Å². The van der Waals surface area contributed by atoms with E-state index in [4.69, 9.17) is 4.52 Å². The van der Waals surface area contributed by atoms with Gasteiger partial charge in [0, 0.05) is 20.0 Å². The summed E-state index contributed by atoms with van der Waals surface area (Å²) in [4.78, 5) is 17.5. The average molecular weight is 360 g/mol. The largest absolute Gasteiger partial charge is 0.416 e. The quantitative estimate of drug-likeness (QED) is 0.831. The molecule has 0 spiro atoms. The number of alkyl halides is 3. The molecule has 0 unspecified atom stereocenters. The fourth-order valence-electron chi connectivity index (χ4n) is 2.11. The molecule has 0 radical (unpaired) electrons. The first-order chi connectivity index (χ1) is 11.7. The molecular weight excluding hydrogens is 344 g/mol. The molecule has 1 N–H and O–H groups in total. The molecule has 1 aromatic heterocycles. The molecule has 2 amide bonds. The molecule has 0 saturated carbocycles. The highest BCUT2D eigenvalue weighted by molar-refractivity contribution is 5.74. The second kappa shape index (κ2) is 7.49. The number of halogens is 4. The van der Waals surface area contributed by atoms with Gasteiger partial charge in [0.15, 0.2) is 5.82 Å². The Hall–Kier alpha value is -2.65. The van der Waals surface area contributed by atoms with Crippen LogP contribution < -0.4 is 5.32 Å². The zero-order chi connectivity index (χ0) is 18.6. The molecule has 1 heterocycles. The lowest BCUT2D eigenvalue weighted by molar-refractivity contribution is -0.137. The highest BCUT2D eigenvalue weighted by Gasteiger charge is 2.31. The summed E-state index contributed by atoms with van der Waals surface area (Å²) < 4.78 is 56.2. The van der Waals surface area contributed by atoms with E-state index in [1.807, 2.05) is 0 Å². The molecule has 0 fully saturated rings. The van der Waals surface area contributed by atoms with Gasteiger partial charge in [0.2, 0.25) is 5.89 Å². The Labute approximate surface area is 140 Å². The van der Waals surface area contributed by atoms with Crippen LogP contribution in [-0.4, -0.2) is 27.6 Å². The van der Waals surface area contributed by atoms with E-state index in [1.165, 1.54) is 4.90 Å². The van der Waals surface area contributed by atoms with Gasteiger partial charge in [-0.3, -0.25) is 0 Å². The predicted octanol–water partition coefficient (Wildman–Crippen LogP) is 3.27. The molecule has 6 nitrogen and oxygen atoms in total. The minimum Gasteiger partial charge on any atom is -0.340 e. The van der Waals surface area contributed by atoms with E-state index in [9.17, 15) is 22.4 Å². The molecule has 1 aromatic carbocycles. The zero-order valence-electron chi connectivity index (χ0n) is 13.5. The highest BCUT2D eigenvalue weighted by Crippen LogP contribution is 2.30. The van der Waals surface area contributed by atoms with E-state index in [-0.39, 0.29) is 18.7 Å². The van der Waals surface area contributed by atoms with Crippen molar-refractivity contribution in [2.75, 3.05) is 6.54 Å². The van der Waals surface area contributed by atoms with Crippen LogP contribution in [0, 0.1) is 12.7 Å². The van der Waals surface area contributed by atoms with Crippen molar-refractivity contribution in [3.63, 3.8) is 0 Å². The van der Waals surface area contributed by atoms with Crippen LogP contribution in [0.5, 0.6) is 0 Å². The Bertz CT molecular complexity index is 745. The summed E-state index contributed by atoms with van der Waals surface area (Å²) in [6.45, 7) is 3.47. The Balaban J connectivity index is 2.01. The fourth-order valence-corrected chi connectivity index (χ4v) is 2.11. The van der Waals surface area contributed by atoms with Gasteiger partial charge < -0.3 is 14.7 Å². The SMILES string of the molecule is CCN(Cc1noc(C)n1)C(=O)NCc1cc(F)cc(C(F)(F)F)c1. The molecule has 0 saturated heterocycles. The smallest absolute Gasteiger partial charge is 0.340 e. The van der Waals surface area contributed by atoms with Gasteiger partial charge in [-0.15, -0.1) is 0 Å². The second-order valence-corrected chi connectivity index (χ2v) is 5.25. The van der Waals surface area contributed by atoms with E-state index in [0.29, 0.717) is 24.3 Å². The highest BCUT2D eigenvalue weighted by atomic mass is 19.4. The standard InChI is InChI=1S/C15H16F4N4O2/c1-3-23(8-13-21-9(2)25-22-13)14(24)20-7-10-4-11(15(17,18)19)6-12(16)5-10/h4-6H,3,7-8H2,1-2H3,(H,20,24). The molecule has 0 bridgehead atoms. The monoisotopic (exact) mass is 360 g/mol. The maximum atomic E-state index is 13.3. The van der Waals surface area contributed by atoms with Crippen LogP contribution in [0.15, 0.2) is 22.7 Å². The van der Waals surface area contributed by atoms with Gasteiger partial charge in [-0.1, -0.05) is 5.16 Å². The fraction of sp³-hybridized carbons (Fsp3) is 0.400. The third kappa shape index (κ3) is 5.16. The number of aromatic nitrogens is 2. The number of aryl methyl sites for hydroxylation is 1. The van der Waals surface area contributed by atoms with Crippen molar-refractivity contribution >= 4 is 6.03 Å². The van der Waals surface area contributed by atoms with Crippen molar-refractivity contribution < 1.29 is 26.9 Å². The summed E-state index contributed by atoms with van der Waals surface area (Å²) in [6.07, 6.45) is -4.66.